The molecule has 1 unspecified atom stereocenters. The largest absolute Gasteiger partial charge is 0.480 e. The van der Waals surface area contributed by atoms with Crippen molar-refractivity contribution in [3.63, 3.8) is 0 Å². The van der Waals surface area contributed by atoms with Crippen LogP contribution in [-0.4, -0.2) is 108 Å². The number of carboxylic acid groups (broad SMARTS) is 1. The van der Waals surface area contributed by atoms with Crippen molar-refractivity contribution < 1.29 is 52.1 Å². The molecule has 0 bridgehead atoms. The molecule has 4 aromatic rings. The number of nitrogens with two attached hydrogens (primary N) is 1. The molecule has 90 heavy (non-hydrogen) atoms. The molecule has 4 amide bonds. The molecule has 3 saturated carbocycles. The second-order valence-corrected chi connectivity index (χ2v) is 29.0. The van der Waals surface area contributed by atoms with Gasteiger partial charge in [0.05, 0.1) is 43.7 Å². The number of amides is 4. The zero-order valence-corrected chi connectivity index (χ0v) is 55.3. The van der Waals surface area contributed by atoms with E-state index in [4.69, 9.17) is 61.6 Å². The Bertz CT molecular complexity index is 3400. The number of Topliss-reactive ketones (excluding diaryl/α,β-unsaturated/α-hetero) is 1. The number of nitrogens with one attached hydrogen (secondary N) is 5. The SMILES string of the molecule is CC1(C)CCC2(CC1)N[C@@H](C(=O)O)[C@H](c1ccnc(Cl)c1F)C21C(=O)Nc2cc(Cl)ccc21.CNC(=O)C[C@@H]1CC[C@@H](CC(=O)[C@@H]2CC3(CCC(C)(C)CC3)[C@@]3(C(=O)Nc4cc(Cl)ccc43)[C@H]2c2ccnc(Cl)c2F)CO1.CNC(=O)C[C@@H]1CC[C@@H](N)CO1.Cl. The van der Waals surface area contributed by atoms with Gasteiger partial charge >= 0.3 is 5.97 Å². The van der Waals surface area contributed by atoms with E-state index in [2.05, 4.69) is 64.2 Å². The van der Waals surface area contributed by atoms with E-state index >= 15 is 8.78 Å². The highest BCUT2D eigenvalue weighted by atomic mass is 35.5. The highest BCUT2D eigenvalue weighted by molar-refractivity contribution is 6.32. The number of pyridine rings is 2. The van der Waals surface area contributed by atoms with Crippen LogP contribution in [0.15, 0.2) is 60.9 Å². The number of carbonyl (C=O) groups is 6. The maximum Gasteiger partial charge on any atom is 0.321 e. The molecule has 12 rings (SSSR count). The number of carboxylic acids is 1. The van der Waals surface area contributed by atoms with E-state index in [-0.39, 0.29) is 105 Å². The number of carbonyl (C=O) groups excluding carboxylic acids is 5. The normalized spacial score (nSPS) is 29.5. The second-order valence-electron chi connectivity index (χ2n) is 27.4. The van der Waals surface area contributed by atoms with Crippen LogP contribution < -0.4 is 32.3 Å². The van der Waals surface area contributed by atoms with Gasteiger partial charge in [0, 0.05) is 83.7 Å². The molecule has 8 N–H and O–H groups in total. The molecular weight excluding hydrogens is 1260 g/mol. The summed E-state index contributed by atoms with van der Waals surface area (Å²) < 4.78 is 42.9. The molecule has 8 aliphatic rings. The molecule has 2 aromatic heterocycles. The first kappa shape index (κ1) is 69.3. The minimum absolute atomic E-state index is 0. The van der Waals surface area contributed by atoms with Crippen molar-refractivity contribution in [2.24, 2.45) is 33.8 Å². The Morgan fingerprint density at radius 3 is 1.61 bits per heavy atom. The van der Waals surface area contributed by atoms with Crippen LogP contribution in [0.2, 0.25) is 20.4 Å². The molecule has 17 nitrogen and oxygen atoms in total. The summed E-state index contributed by atoms with van der Waals surface area (Å²) in [6.07, 6.45) is 13.5. The van der Waals surface area contributed by atoms with Crippen LogP contribution >= 0.6 is 58.8 Å². The lowest BCUT2D eigenvalue weighted by molar-refractivity contribution is -0.140. The summed E-state index contributed by atoms with van der Waals surface area (Å²) in [5.41, 5.74) is 4.65. The molecule has 0 radical (unpaired) electrons. The molecule has 10 atom stereocenters. The summed E-state index contributed by atoms with van der Waals surface area (Å²) in [4.78, 5) is 86.2. The fraction of sp³-hybridized carbons (Fsp3) is 0.576. The van der Waals surface area contributed by atoms with E-state index in [9.17, 15) is 33.9 Å². The van der Waals surface area contributed by atoms with Crippen LogP contribution in [0.5, 0.6) is 0 Å². The lowest BCUT2D eigenvalue weighted by Gasteiger charge is -2.51. The molecule has 2 aromatic carbocycles. The Morgan fingerprint density at radius 1 is 0.656 bits per heavy atom. The average molecular weight is 1350 g/mol. The summed E-state index contributed by atoms with van der Waals surface area (Å²) in [5.74, 6) is -5.67. The fourth-order valence-electron chi connectivity index (χ4n) is 16.4. The molecule has 5 aliphatic heterocycles. The Kier molecular flexibility index (Phi) is 20.8. The number of nitrogens with zero attached hydrogens (tertiary/aromatic N) is 2. The molecule has 7 heterocycles. The Labute approximate surface area is 550 Å². The molecule has 3 aliphatic carbocycles. The number of benzene rings is 2. The first-order valence-electron chi connectivity index (χ1n) is 30.9. The molecule has 4 spiro atoms. The minimum Gasteiger partial charge on any atom is -0.480 e. The van der Waals surface area contributed by atoms with E-state index in [0.717, 1.165) is 63.4 Å². The highest BCUT2D eigenvalue weighted by Gasteiger charge is 2.74. The van der Waals surface area contributed by atoms with Crippen LogP contribution in [0.3, 0.4) is 0 Å². The van der Waals surface area contributed by atoms with Crippen LogP contribution in [0.4, 0.5) is 20.2 Å². The fourth-order valence-corrected chi connectivity index (χ4v) is 17.1. The maximum atomic E-state index is 16.1. The number of aromatic nitrogens is 2. The van der Waals surface area contributed by atoms with Gasteiger partial charge in [0.1, 0.15) is 17.2 Å². The van der Waals surface area contributed by atoms with Gasteiger partial charge in [-0.3, -0.25) is 34.1 Å². The standard InChI is InChI=1S/C34H40Cl2FN3O4.C24H24Cl2FN3O3.C8H16N2O2.ClH/c1-32(2)9-11-33(12-10-32)17-23(26(41)14-19-4-6-21(44-18-19)16-27(42)38-3)28(22-8-13-39-30(36)29(22)37)34(33)24-7-5-20(35)15-25(24)40-31(34)43;1-22(2)6-8-23(9-7-22)24(14-4-3-12(25)11-15(14)29-21(24)33)16(18(30-23)20(31)32)13-5-10-28-19(26)17(13)27;1-10-8(11)4-7-3-2-6(9)5-12-7;/h5,7-8,13,15,19,21,23,28H,4,6,9-12,14,16-18H2,1-3H3,(H,38,42)(H,40,43);3-5,10-11,16,18,30H,6-9H2,1-2H3,(H,29,33)(H,31,32);6-7H,2-5,9H2,1H3,(H,10,11);1H/t19-,21-,23-,28-,34+;16-,18+,24?;6-,7+;/m001./s1. The third-order valence-corrected chi connectivity index (χ3v) is 22.2. The molecule has 488 valence electrons. The van der Waals surface area contributed by atoms with E-state index in [1.807, 2.05) is 6.07 Å². The second kappa shape index (κ2) is 27.1. The first-order valence-corrected chi connectivity index (χ1v) is 32.4. The van der Waals surface area contributed by atoms with Crippen molar-refractivity contribution in [1.29, 1.82) is 0 Å². The average Bonchev–Trinajstić information content (AvgIpc) is 1.51. The topological polar surface area (TPSA) is 253 Å². The summed E-state index contributed by atoms with van der Waals surface area (Å²) in [6.45, 7) is 9.78. The van der Waals surface area contributed by atoms with Gasteiger partial charge in [0.15, 0.2) is 21.9 Å². The predicted octanol–water partition coefficient (Wildman–Crippen LogP) is 11.9. The van der Waals surface area contributed by atoms with Crippen LogP contribution in [0.25, 0.3) is 0 Å². The quantitative estimate of drug-likeness (QED) is 0.0731. The van der Waals surface area contributed by atoms with Crippen molar-refractivity contribution in [3.05, 3.63) is 115 Å². The van der Waals surface area contributed by atoms with Gasteiger partial charge < -0.3 is 41.6 Å². The lowest BCUT2D eigenvalue weighted by Crippen LogP contribution is -2.61. The van der Waals surface area contributed by atoms with Crippen molar-refractivity contribution in [3.8, 4) is 0 Å². The predicted molar refractivity (Wildman–Crippen MR) is 343 cm³/mol. The summed E-state index contributed by atoms with van der Waals surface area (Å²) in [6, 6.07) is 12.5. The first-order chi connectivity index (χ1) is 42.1. The van der Waals surface area contributed by atoms with Gasteiger partial charge in [-0.15, -0.1) is 12.4 Å². The summed E-state index contributed by atoms with van der Waals surface area (Å²) in [5, 5.41) is 25.1. The van der Waals surface area contributed by atoms with E-state index in [1.54, 1.807) is 50.5 Å². The third-order valence-electron chi connectivity index (χ3n) is 21.2. The number of rotatable bonds is 10. The number of hydrogen-bond donors (Lipinski definition) is 7. The summed E-state index contributed by atoms with van der Waals surface area (Å²) >= 11 is 24.9. The van der Waals surface area contributed by atoms with E-state index < -0.39 is 63.2 Å². The van der Waals surface area contributed by atoms with Gasteiger partial charge in [0.25, 0.3) is 0 Å². The highest BCUT2D eigenvalue weighted by Crippen LogP contribution is 2.73. The molecular formula is C66H81Cl5F2N8O9. The van der Waals surface area contributed by atoms with Gasteiger partial charge in [-0.1, -0.05) is 86.2 Å². The van der Waals surface area contributed by atoms with Gasteiger partial charge in [0.2, 0.25) is 23.6 Å². The number of fused-ring (bicyclic) bond motifs is 6. The lowest BCUT2D eigenvalue weighted by atomic mass is 9.51. The van der Waals surface area contributed by atoms with Crippen LogP contribution in [-0.2, 0) is 49.1 Å². The number of ketones is 1. The zero-order chi connectivity index (χ0) is 64.2. The van der Waals surface area contributed by atoms with E-state index in [1.165, 1.54) is 18.5 Å². The number of halogens is 7. The van der Waals surface area contributed by atoms with Crippen LogP contribution in [0.1, 0.15) is 165 Å². The van der Waals surface area contributed by atoms with Crippen LogP contribution in [0, 0.1) is 39.7 Å². The Hall–Kier alpha value is -5.09. The summed E-state index contributed by atoms with van der Waals surface area (Å²) in [7, 11) is 3.24. The van der Waals surface area contributed by atoms with Gasteiger partial charge in [-0.05, 0) is 164 Å². The van der Waals surface area contributed by atoms with Gasteiger partial charge in [-0.25, -0.2) is 18.7 Å². The number of hydrogen-bond acceptors (Lipinski definition) is 12. The van der Waals surface area contributed by atoms with Crippen molar-refractivity contribution >= 4 is 106 Å². The molecule has 24 heteroatoms. The van der Waals surface area contributed by atoms with Gasteiger partial charge in [-0.2, -0.15) is 0 Å². The smallest absolute Gasteiger partial charge is 0.321 e. The monoisotopic (exact) mass is 1340 g/mol. The number of ether oxygens (including phenoxy) is 2. The zero-order valence-electron chi connectivity index (χ0n) is 51.5. The third kappa shape index (κ3) is 12.7. The number of aliphatic carboxylic acids is 1. The minimum atomic E-state index is -1.36. The van der Waals surface area contributed by atoms with E-state index in [0.29, 0.717) is 78.7 Å². The Balaban J connectivity index is 0.000000183. The van der Waals surface area contributed by atoms with Crippen molar-refractivity contribution in [2.45, 2.75) is 183 Å². The Morgan fingerprint density at radius 2 is 1.13 bits per heavy atom. The number of anilines is 2. The van der Waals surface area contributed by atoms with Crippen molar-refractivity contribution in [2.75, 3.05) is 37.9 Å². The molecule has 6 fully saturated rings. The maximum absolute atomic E-state index is 16.1. The van der Waals surface area contributed by atoms with Crippen molar-refractivity contribution in [1.82, 2.24) is 25.9 Å². The molecule has 3 saturated heterocycles.